The lowest BCUT2D eigenvalue weighted by Crippen LogP contribution is -2.24. The number of anilines is 1. The molecule has 0 aromatic carbocycles. The van der Waals surface area contributed by atoms with Crippen molar-refractivity contribution in [3.05, 3.63) is 32.9 Å². The van der Waals surface area contributed by atoms with Gasteiger partial charge < -0.3 is 10.6 Å². The molecule has 0 aliphatic carbocycles. The Morgan fingerprint density at radius 2 is 2.25 bits per heavy atom. The SMILES string of the molecule is CCc1nc(CN(C)c2nnc(Cl)cc2C(N)=O)cs1. The number of aromatic nitrogens is 3. The molecule has 0 saturated carbocycles. The first-order chi connectivity index (χ1) is 9.51. The molecule has 0 aliphatic rings. The van der Waals surface area contributed by atoms with Gasteiger partial charge in [0.1, 0.15) is 0 Å². The van der Waals surface area contributed by atoms with Crippen LogP contribution in [0.3, 0.4) is 0 Å². The van der Waals surface area contributed by atoms with Crippen molar-refractivity contribution in [2.24, 2.45) is 5.73 Å². The molecule has 0 atom stereocenters. The fraction of sp³-hybridized carbons (Fsp3) is 0.333. The van der Waals surface area contributed by atoms with Crippen molar-refractivity contribution in [2.45, 2.75) is 19.9 Å². The van der Waals surface area contributed by atoms with Gasteiger partial charge in [-0.05, 0) is 12.5 Å². The molecule has 0 spiro atoms. The van der Waals surface area contributed by atoms with Crippen molar-refractivity contribution in [1.29, 1.82) is 0 Å². The summed E-state index contributed by atoms with van der Waals surface area (Å²) in [6.45, 7) is 2.58. The monoisotopic (exact) mass is 311 g/mol. The number of nitrogens with two attached hydrogens (primary N) is 1. The van der Waals surface area contributed by atoms with E-state index in [0.29, 0.717) is 12.4 Å². The fourth-order valence-corrected chi connectivity index (χ4v) is 2.61. The smallest absolute Gasteiger partial charge is 0.252 e. The quantitative estimate of drug-likeness (QED) is 0.911. The second kappa shape index (κ2) is 6.15. The van der Waals surface area contributed by atoms with Crippen LogP contribution in [-0.4, -0.2) is 28.1 Å². The Bertz CT molecular complexity index is 630. The molecule has 8 heteroatoms. The van der Waals surface area contributed by atoms with E-state index < -0.39 is 5.91 Å². The Kier molecular flexibility index (Phi) is 4.51. The number of hydrogen-bond acceptors (Lipinski definition) is 6. The molecule has 1 amide bonds. The zero-order valence-electron chi connectivity index (χ0n) is 11.1. The summed E-state index contributed by atoms with van der Waals surface area (Å²) in [4.78, 5) is 17.7. The largest absolute Gasteiger partial charge is 0.365 e. The number of hydrogen-bond donors (Lipinski definition) is 1. The Balaban J connectivity index is 2.24. The minimum atomic E-state index is -0.587. The van der Waals surface area contributed by atoms with Gasteiger partial charge in [-0.2, -0.15) is 0 Å². The molecular weight excluding hydrogens is 298 g/mol. The number of carbonyl (C=O) groups is 1. The fourth-order valence-electron chi connectivity index (χ4n) is 1.73. The highest BCUT2D eigenvalue weighted by atomic mass is 35.5. The van der Waals surface area contributed by atoms with Gasteiger partial charge in [0.25, 0.3) is 5.91 Å². The van der Waals surface area contributed by atoms with Gasteiger partial charge in [-0.15, -0.1) is 21.5 Å². The van der Waals surface area contributed by atoms with Crippen LogP contribution in [0.1, 0.15) is 28.0 Å². The first kappa shape index (κ1) is 14.7. The van der Waals surface area contributed by atoms with E-state index in [1.165, 1.54) is 6.07 Å². The predicted molar refractivity (Wildman–Crippen MR) is 79.2 cm³/mol. The first-order valence-electron chi connectivity index (χ1n) is 5.98. The van der Waals surface area contributed by atoms with Gasteiger partial charge in [-0.25, -0.2) is 4.98 Å². The molecule has 20 heavy (non-hydrogen) atoms. The molecule has 6 nitrogen and oxygen atoms in total. The maximum absolute atomic E-state index is 11.4. The van der Waals surface area contributed by atoms with Crippen LogP contribution in [-0.2, 0) is 13.0 Å². The highest BCUT2D eigenvalue weighted by molar-refractivity contribution is 7.09. The third kappa shape index (κ3) is 3.23. The van der Waals surface area contributed by atoms with Gasteiger partial charge in [0.15, 0.2) is 11.0 Å². The van der Waals surface area contributed by atoms with Gasteiger partial charge in [0.2, 0.25) is 0 Å². The standard InChI is InChI=1S/C12H14ClN5OS/c1-3-10-15-7(6-20-10)5-18(2)12-8(11(14)19)4-9(13)16-17-12/h4,6H,3,5H2,1-2H3,(H2,14,19). The van der Waals surface area contributed by atoms with E-state index in [9.17, 15) is 4.79 Å². The van der Waals surface area contributed by atoms with E-state index in [1.54, 1.807) is 23.3 Å². The van der Waals surface area contributed by atoms with Gasteiger partial charge in [0, 0.05) is 12.4 Å². The molecule has 2 heterocycles. The average Bonchev–Trinajstić information content (AvgIpc) is 2.86. The van der Waals surface area contributed by atoms with Crippen LogP contribution in [0.4, 0.5) is 5.82 Å². The Hall–Kier alpha value is -1.73. The second-order valence-electron chi connectivity index (χ2n) is 4.21. The van der Waals surface area contributed by atoms with Gasteiger partial charge in [-0.3, -0.25) is 4.79 Å². The normalized spacial score (nSPS) is 10.6. The molecule has 0 radical (unpaired) electrons. The van der Waals surface area contributed by atoms with Crippen LogP contribution in [0.25, 0.3) is 0 Å². The molecule has 0 saturated heterocycles. The molecule has 0 unspecified atom stereocenters. The number of rotatable bonds is 5. The Morgan fingerprint density at radius 3 is 2.85 bits per heavy atom. The number of halogens is 1. The zero-order chi connectivity index (χ0) is 14.7. The summed E-state index contributed by atoms with van der Waals surface area (Å²) in [6.07, 6.45) is 0.904. The Labute approximate surface area is 125 Å². The molecule has 0 bridgehead atoms. The molecule has 2 aromatic heterocycles. The third-order valence-electron chi connectivity index (χ3n) is 2.67. The van der Waals surface area contributed by atoms with E-state index in [-0.39, 0.29) is 10.7 Å². The summed E-state index contributed by atoms with van der Waals surface area (Å²) < 4.78 is 0. The minimum absolute atomic E-state index is 0.137. The van der Waals surface area contributed by atoms with Crippen molar-refractivity contribution in [2.75, 3.05) is 11.9 Å². The van der Waals surface area contributed by atoms with Crippen LogP contribution in [0.2, 0.25) is 5.15 Å². The summed E-state index contributed by atoms with van der Waals surface area (Å²) in [6, 6.07) is 1.42. The summed E-state index contributed by atoms with van der Waals surface area (Å²) in [5, 5.41) is 10.9. The topological polar surface area (TPSA) is 85.0 Å². The summed E-state index contributed by atoms with van der Waals surface area (Å²) in [5.74, 6) is -0.191. The first-order valence-corrected chi connectivity index (χ1v) is 7.24. The van der Waals surface area contributed by atoms with Crippen LogP contribution in [0.5, 0.6) is 0 Å². The van der Waals surface area contributed by atoms with E-state index in [4.69, 9.17) is 17.3 Å². The van der Waals surface area contributed by atoms with Gasteiger partial charge >= 0.3 is 0 Å². The molecule has 106 valence electrons. The van der Waals surface area contributed by atoms with Crippen LogP contribution in [0, 0.1) is 0 Å². The number of thiazole rings is 1. The number of amides is 1. The highest BCUT2D eigenvalue weighted by Gasteiger charge is 2.16. The highest BCUT2D eigenvalue weighted by Crippen LogP contribution is 2.20. The molecule has 2 rings (SSSR count). The number of carbonyl (C=O) groups excluding carboxylic acids is 1. The minimum Gasteiger partial charge on any atom is -0.365 e. The molecule has 2 N–H and O–H groups in total. The maximum Gasteiger partial charge on any atom is 0.252 e. The summed E-state index contributed by atoms with van der Waals surface area (Å²) >= 11 is 7.35. The van der Waals surface area contributed by atoms with Crippen LogP contribution < -0.4 is 10.6 Å². The van der Waals surface area contributed by atoms with Crippen molar-refractivity contribution >= 4 is 34.7 Å². The Morgan fingerprint density at radius 1 is 1.50 bits per heavy atom. The van der Waals surface area contributed by atoms with Crippen molar-refractivity contribution in [1.82, 2.24) is 15.2 Å². The second-order valence-corrected chi connectivity index (χ2v) is 5.54. The zero-order valence-corrected chi connectivity index (χ0v) is 12.7. The molecular formula is C12H14ClN5OS. The lowest BCUT2D eigenvalue weighted by Gasteiger charge is -2.18. The van der Waals surface area contributed by atoms with E-state index >= 15 is 0 Å². The van der Waals surface area contributed by atoms with Gasteiger partial charge in [0.05, 0.1) is 22.8 Å². The lowest BCUT2D eigenvalue weighted by molar-refractivity contribution is 0.1000. The van der Waals surface area contributed by atoms with Crippen molar-refractivity contribution < 1.29 is 4.79 Å². The summed E-state index contributed by atoms with van der Waals surface area (Å²) in [7, 11) is 1.80. The van der Waals surface area contributed by atoms with Crippen molar-refractivity contribution in [3.63, 3.8) is 0 Å². The van der Waals surface area contributed by atoms with E-state index in [2.05, 4.69) is 22.1 Å². The summed E-state index contributed by atoms with van der Waals surface area (Å²) in [5.41, 5.74) is 6.50. The number of primary amides is 1. The molecule has 2 aromatic rings. The van der Waals surface area contributed by atoms with E-state index in [0.717, 1.165) is 17.1 Å². The lowest BCUT2D eigenvalue weighted by atomic mass is 10.2. The average molecular weight is 312 g/mol. The number of nitrogens with zero attached hydrogens (tertiary/aromatic N) is 4. The molecule has 0 fully saturated rings. The van der Waals surface area contributed by atoms with Crippen molar-refractivity contribution in [3.8, 4) is 0 Å². The molecule has 0 aliphatic heterocycles. The predicted octanol–water partition coefficient (Wildman–Crippen LogP) is 1.88. The van der Waals surface area contributed by atoms with Crippen LogP contribution in [0.15, 0.2) is 11.4 Å². The maximum atomic E-state index is 11.4. The third-order valence-corrected chi connectivity index (χ3v) is 3.90. The van der Waals surface area contributed by atoms with Gasteiger partial charge in [-0.1, -0.05) is 18.5 Å². The van der Waals surface area contributed by atoms with E-state index in [1.807, 2.05) is 5.38 Å². The number of aryl methyl sites for hydroxylation is 1. The van der Waals surface area contributed by atoms with Crippen LogP contribution >= 0.6 is 22.9 Å².